The van der Waals surface area contributed by atoms with Crippen LogP contribution in [0, 0.1) is 0 Å². The molecule has 1 aromatic carbocycles. The van der Waals surface area contributed by atoms with Crippen molar-refractivity contribution in [3.8, 4) is 5.75 Å². The summed E-state index contributed by atoms with van der Waals surface area (Å²) in [5.74, 6) is 1.57. The van der Waals surface area contributed by atoms with Gasteiger partial charge in [0, 0.05) is 31.2 Å². The second-order valence-electron chi connectivity index (χ2n) is 6.19. The number of rotatable bonds is 6. The molecule has 5 nitrogen and oxygen atoms in total. The van der Waals surface area contributed by atoms with Crippen LogP contribution in [0.3, 0.4) is 0 Å². The predicted molar refractivity (Wildman–Crippen MR) is 99.5 cm³/mol. The SMILES string of the molecule is NC(=O)SCC1CCC(=O)N1CC1=CCC(Oc2ccccc2)C=C1. The Kier molecular flexibility index (Phi) is 5.81. The molecule has 1 aliphatic heterocycles. The third-order valence-electron chi connectivity index (χ3n) is 4.39. The summed E-state index contributed by atoms with van der Waals surface area (Å²) in [5.41, 5.74) is 6.31. The van der Waals surface area contributed by atoms with Crippen molar-refractivity contribution in [3.05, 3.63) is 54.1 Å². The molecule has 6 heteroatoms. The number of thioether (sulfide) groups is 1. The van der Waals surface area contributed by atoms with Crippen molar-refractivity contribution < 1.29 is 14.3 Å². The number of carbonyl (C=O) groups is 2. The van der Waals surface area contributed by atoms with Crippen molar-refractivity contribution in [2.24, 2.45) is 5.73 Å². The molecule has 2 N–H and O–H groups in total. The minimum atomic E-state index is -0.392. The first-order valence-corrected chi connectivity index (χ1v) is 9.41. The number of nitrogens with two attached hydrogens (primary N) is 1. The van der Waals surface area contributed by atoms with Crippen LogP contribution in [-0.4, -0.2) is 40.5 Å². The Labute approximate surface area is 151 Å². The number of nitrogens with zero attached hydrogens (tertiary/aromatic N) is 1. The second-order valence-corrected chi connectivity index (χ2v) is 7.21. The van der Waals surface area contributed by atoms with Gasteiger partial charge < -0.3 is 15.4 Å². The maximum Gasteiger partial charge on any atom is 0.276 e. The molecule has 1 heterocycles. The predicted octanol–water partition coefficient (Wildman–Crippen LogP) is 3.12. The molecule has 1 aromatic rings. The lowest BCUT2D eigenvalue weighted by molar-refractivity contribution is -0.128. The van der Waals surface area contributed by atoms with Crippen LogP contribution in [0.15, 0.2) is 54.1 Å². The summed E-state index contributed by atoms with van der Waals surface area (Å²) in [7, 11) is 0. The first-order chi connectivity index (χ1) is 12.1. The van der Waals surface area contributed by atoms with E-state index in [0.29, 0.717) is 18.7 Å². The number of para-hydroxylation sites is 1. The lowest BCUT2D eigenvalue weighted by atomic mass is 10.0. The third kappa shape index (κ3) is 4.89. The van der Waals surface area contributed by atoms with Gasteiger partial charge in [-0.25, -0.2) is 0 Å². The summed E-state index contributed by atoms with van der Waals surface area (Å²) in [6.07, 6.45) is 8.32. The van der Waals surface area contributed by atoms with Crippen molar-refractivity contribution in [2.45, 2.75) is 31.4 Å². The third-order valence-corrected chi connectivity index (χ3v) is 5.23. The molecular formula is C19H22N2O3S. The summed E-state index contributed by atoms with van der Waals surface area (Å²) in [6, 6.07) is 9.83. The molecule has 2 unspecified atom stereocenters. The van der Waals surface area contributed by atoms with Crippen molar-refractivity contribution in [2.75, 3.05) is 12.3 Å². The molecule has 25 heavy (non-hydrogen) atoms. The maximum atomic E-state index is 12.1. The van der Waals surface area contributed by atoms with E-state index in [-0.39, 0.29) is 18.1 Å². The number of amides is 2. The average molecular weight is 358 g/mol. The molecule has 0 aromatic heterocycles. The van der Waals surface area contributed by atoms with Crippen molar-refractivity contribution in [3.63, 3.8) is 0 Å². The van der Waals surface area contributed by atoms with Crippen molar-refractivity contribution in [1.82, 2.24) is 4.90 Å². The van der Waals surface area contributed by atoms with E-state index < -0.39 is 5.24 Å². The number of carbonyl (C=O) groups excluding carboxylic acids is 2. The molecule has 2 amide bonds. The minimum Gasteiger partial charge on any atom is -0.486 e. The first-order valence-electron chi connectivity index (χ1n) is 8.42. The molecule has 2 aliphatic rings. The summed E-state index contributed by atoms with van der Waals surface area (Å²) in [6.45, 7) is 0.581. The lowest BCUT2D eigenvalue weighted by Crippen LogP contribution is -2.36. The molecule has 1 saturated heterocycles. The Hall–Kier alpha value is -2.21. The van der Waals surface area contributed by atoms with Gasteiger partial charge in [-0.05, 0) is 30.2 Å². The summed E-state index contributed by atoms with van der Waals surface area (Å²) in [4.78, 5) is 25.0. The molecule has 0 bridgehead atoms. The highest BCUT2D eigenvalue weighted by Gasteiger charge is 2.31. The van der Waals surface area contributed by atoms with Gasteiger partial charge in [-0.15, -0.1) is 0 Å². The molecular weight excluding hydrogens is 336 g/mol. The molecule has 1 fully saturated rings. The highest BCUT2D eigenvalue weighted by molar-refractivity contribution is 8.13. The summed E-state index contributed by atoms with van der Waals surface area (Å²) < 4.78 is 5.91. The Morgan fingerprint density at radius 3 is 2.80 bits per heavy atom. The Morgan fingerprint density at radius 1 is 1.32 bits per heavy atom. The van der Waals surface area contributed by atoms with Crippen molar-refractivity contribution >= 4 is 22.9 Å². The summed E-state index contributed by atoms with van der Waals surface area (Å²) >= 11 is 1.09. The van der Waals surface area contributed by atoms with Crippen LogP contribution in [0.1, 0.15) is 19.3 Å². The number of primary amides is 1. The molecule has 1 aliphatic carbocycles. The molecule has 0 saturated carbocycles. The Morgan fingerprint density at radius 2 is 2.12 bits per heavy atom. The average Bonchev–Trinajstić information content (AvgIpc) is 2.96. The molecule has 3 rings (SSSR count). The van der Waals surface area contributed by atoms with E-state index in [0.717, 1.165) is 35.9 Å². The number of hydrogen-bond acceptors (Lipinski definition) is 4. The van der Waals surface area contributed by atoms with Gasteiger partial charge in [0.2, 0.25) is 5.91 Å². The largest absolute Gasteiger partial charge is 0.486 e. The topological polar surface area (TPSA) is 72.6 Å². The molecule has 2 atom stereocenters. The van der Waals surface area contributed by atoms with Gasteiger partial charge in [-0.3, -0.25) is 9.59 Å². The number of benzene rings is 1. The Balaban J connectivity index is 1.54. The zero-order valence-electron chi connectivity index (χ0n) is 14.0. The highest BCUT2D eigenvalue weighted by atomic mass is 32.2. The van der Waals surface area contributed by atoms with Crippen LogP contribution in [0.5, 0.6) is 5.75 Å². The lowest BCUT2D eigenvalue weighted by Gasteiger charge is -2.26. The highest BCUT2D eigenvalue weighted by Crippen LogP contribution is 2.25. The van der Waals surface area contributed by atoms with Crippen LogP contribution in [0.25, 0.3) is 0 Å². The molecule has 132 valence electrons. The van der Waals surface area contributed by atoms with Crippen LogP contribution in [0.2, 0.25) is 0 Å². The van der Waals surface area contributed by atoms with E-state index in [1.807, 2.05) is 47.4 Å². The van der Waals surface area contributed by atoms with Gasteiger partial charge in [0.25, 0.3) is 5.24 Å². The van der Waals surface area contributed by atoms with Gasteiger partial charge in [0.15, 0.2) is 0 Å². The van der Waals surface area contributed by atoms with E-state index in [1.54, 1.807) is 0 Å². The Bertz CT molecular complexity index is 687. The van der Waals surface area contributed by atoms with Crippen LogP contribution in [0.4, 0.5) is 4.79 Å². The molecule has 0 radical (unpaired) electrons. The normalized spacial score (nSPS) is 22.8. The van der Waals surface area contributed by atoms with Gasteiger partial charge in [-0.1, -0.05) is 42.1 Å². The van der Waals surface area contributed by atoms with E-state index in [4.69, 9.17) is 10.5 Å². The number of likely N-dealkylation sites (tertiary alicyclic amines) is 1. The van der Waals surface area contributed by atoms with E-state index in [9.17, 15) is 9.59 Å². The summed E-state index contributed by atoms with van der Waals surface area (Å²) in [5, 5.41) is -0.392. The van der Waals surface area contributed by atoms with Gasteiger partial charge >= 0.3 is 0 Å². The van der Waals surface area contributed by atoms with Gasteiger partial charge in [0.05, 0.1) is 0 Å². The van der Waals surface area contributed by atoms with Gasteiger partial charge in [-0.2, -0.15) is 0 Å². The van der Waals surface area contributed by atoms with Crippen molar-refractivity contribution in [1.29, 1.82) is 0 Å². The first kappa shape index (κ1) is 17.6. The zero-order valence-corrected chi connectivity index (χ0v) is 14.8. The fourth-order valence-corrected chi connectivity index (χ4v) is 3.79. The van der Waals surface area contributed by atoms with Crippen LogP contribution >= 0.6 is 11.8 Å². The standard InChI is InChI=1S/C19H22N2O3S/c20-19(23)25-13-15-8-11-18(22)21(15)12-14-6-9-17(10-7-14)24-16-4-2-1-3-5-16/h1-7,9,15,17H,8,10-13H2,(H2,20,23). The second kappa shape index (κ2) is 8.25. The monoisotopic (exact) mass is 358 g/mol. The van der Waals surface area contributed by atoms with E-state index in [1.165, 1.54) is 0 Å². The van der Waals surface area contributed by atoms with E-state index in [2.05, 4.69) is 6.08 Å². The number of hydrogen-bond donors (Lipinski definition) is 1. The minimum absolute atomic E-state index is 0.0154. The smallest absolute Gasteiger partial charge is 0.276 e. The van der Waals surface area contributed by atoms with Crippen LogP contribution in [-0.2, 0) is 4.79 Å². The fraction of sp³-hybridized carbons (Fsp3) is 0.368. The van der Waals surface area contributed by atoms with E-state index >= 15 is 0 Å². The number of ether oxygens (including phenoxy) is 1. The maximum absolute atomic E-state index is 12.1. The zero-order chi connectivity index (χ0) is 17.6. The van der Waals surface area contributed by atoms with Gasteiger partial charge in [0.1, 0.15) is 11.9 Å². The fourth-order valence-electron chi connectivity index (χ4n) is 3.08. The molecule has 0 spiro atoms. The van der Waals surface area contributed by atoms with Crippen LogP contribution < -0.4 is 10.5 Å². The quantitative estimate of drug-likeness (QED) is 0.848.